The minimum Gasteiger partial charge on any atom is -0.481 e. The van der Waals surface area contributed by atoms with Gasteiger partial charge >= 0.3 is 0 Å². The number of aliphatic hydroxyl groups is 1. The molecule has 0 spiro atoms. The van der Waals surface area contributed by atoms with Gasteiger partial charge in [-0.3, -0.25) is 0 Å². The number of aliphatic hydroxyl groups excluding tert-OH is 1. The molecule has 0 aliphatic rings. The van der Waals surface area contributed by atoms with E-state index in [4.69, 9.17) is 9.47 Å². The van der Waals surface area contributed by atoms with Crippen molar-refractivity contribution in [3.8, 4) is 11.8 Å². The van der Waals surface area contributed by atoms with Crippen LogP contribution < -0.4 is 9.47 Å². The third-order valence-electron chi connectivity index (χ3n) is 3.27. The van der Waals surface area contributed by atoms with E-state index in [9.17, 15) is 5.11 Å². The van der Waals surface area contributed by atoms with Crippen LogP contribution in [-0.4, -0.2) is 41.2 Å². The van der Waals surface area contributed by atoms with Crippen LogP contribution in [0.3, 0.4) is 0 Å². The van der Waals surface area contributed by atoms with Crippen molar-refractivity contribution in [2.45, 2.75) is 37.6 Å². The van der Waals surface area contributed by atoms with E-state index in [1.807, 2.05) is 0 Å². The zero-order chi connectivity index (χ0) is 14.5. The summed E-state index contributed by atoms with van der Waals surface area (Å²) >= 11 is 1.45. The fourth-order valence-electron chi connectivity index (χ4n) is 1.44. The molecule has 1 aromatic heterocycles. The fourth-order valence-corrected chi connectivity index (χ4v) is 2.54. The van der Waals surface area contributed by atoms with Crippen molar-refractivity contribution in [3.63, 3.8) is 0 Å². The lowest BCUT2D eigenvalue weighted by Crippen LogP contribution is -2.29. The second-order valence-electron chi connectivity index (χ2n) is 4.87. The van der Waals surface area contributed by atoms with Gasteiger partial charge < -0.3 is 14.6 Å². The highest BCUT2D eigenvalue weighted by atomic mass is 32.2. The Bertz CT molecular complexity index is 391. The van der Waals surface area contributed by atoms with Crippen molar-refractivity contribution in [1.29, 1.82) is 0 Å². The maximum atomic E-state index is 9.57. The van der Waals surface area contributed by atoms with E-state index >= 15 is 0 Å². The van der Waals surface area contributed by atoms with Gasteiger partial charge in [-0.25, -0.2) is 0 Å². The summed E-state index contributed by atoms with van der Waals surface area (Å²) in [5, 5.41) is 10.1. The quantitative estimate of drug-likeness (QED) is 0.613. The van der Waals surface area contributed by atoms with Crippen LogP contribution in [-0.2, 0) is 0 Å². The van der Waals surface area contributed by atoms with Gasteiger partial charge in [-0.1, -0.05) is 32.5 Å². The third-order valence-corrected chi connectivity index (χ3v) is 4.74. The molecule has 1 N–H and O–H groups in total. The lowest BCUT2D eigenvalue weighted by atomic mass is 9.86. The minimum absolute atomic E-state index is 0.000904. The summed E-state index contributed by atoms with van der Waals surface area (Å²) in [7, 11) is 3.10. The number of methoxy groups -OCH3 is 2. The standard InChI is InChI=1S/C13H22N2O3S/c1-6-13(2,3)9(8-16)19-12-14-10(17-4)7-11(15-12)18-5/h7,9,16H,6,8H2,1-5H3. The van der Waals surface area contributed by atoms with E-state index in [1.54, 1.807) is 20.3 Å². The van der Waals surface area contributed by atoms with Crippen LogP contribution in [0.15, 0.2) is 11.2 Å². The monoisotopic (exact) mass is 286 g/mol. The van der Waals surface area contributed by atoms with E-state index in [0.717, 1.165) is 6.42 Å². The summed E-state index contributed by atoms with van der Waals surface area (Å²) in [5.74, 6) is 0.917. The van der Waals surface area contributed by atoms with Crippen molar-refractivity contribution in [2.75, 3.05) is 20.8 Å². The van der Waals surface area contributed by atoms with Gasteiger partial charge in [0.2, 0.25) is 11.8 Å². The van der Waals surface area contributed by atoms with Crippen LogP contribution in [0.25, 0.3) is 0 Å². The summed E-state index contributed by atoms with van der Waals surface area (Å²) in [5.41, 5.74) is -0.000904. The van der Waals surface area contributed by atoms with Gasteiger partial charge in [0, 0.05) is 5.25 Å². The molecule has 0 aliphatic carbocycles. The zero-order valence-electron chi connectivity index (χ0n) is 12.1. The van der Waals surface area contributed by atoms with Crippen LogP contribution >= 0.6 is 11.8 Å². The Morgan fingerprint density at radius 1 is 1.26 bits per heavy atom. The number of ether oxygens (including phenoxy) is 2. The van der Waals surface area contributed by atoms with Gasteiger partial charge in [0.1, 0.15) is 0 Å². The molecule has 6 heteroatoms. The SMILES string of the molecule is CCC(C)(C)C(CO)Sc1nc(OC)cc(OC)n1. The Morgan fingerprint density at radius 2 is 1.79 bits per heavy atom. The number of aromatic nitrogens is 2. The highest BCUT2D eigenvalue weighted by molar-refractivity contribution is 7.99. The molecular formula is C13H22N2O3S. The van der Waals surface area contributed by atoms with Crippen molar-refractivity contribution in [2.24, 2.45) is 5.41 Å². The predicted molar refractivity (Wildman–Crippen MR) is 75.9 cm³/mol. The van der Waals surface area contributed by atoms with Gasteiger partial charge in [-0.2, -0.15) is 9.97 Å². The molecule has 1 atom stereocenters. The molecule has 1 aromatic rings. The van der Waals surface area contributed by atoms with E-state index in [1.165, 1.54) is 11.8 Å². The van der Waals surface area contributed by atoms with Crippen LogP contribution in [0.1, 0.15) is 27.2 Å². The van der Waals surface area contributed by atoms with E-state index in [0.29, 0.717) is 16.9 Å². The molecule has 1 heterocycles. The molecule has 0 saturated heterocycles. The van der Waals surface area contributed by atoms with E-state index in [-0.39, 0.29) is 17.3 Å². The normalized spacial score (nSPS) is 13.2. The number of nitrogens with zero attached hydrogens (tertiary/aromatic N) is 2. The van der Waals surface area contributed by atoms with Gasteiger partial charge in [0.25, 0.3) is 0 Å². The first-order chi connectivity index (χ1) is 8.96. The number of hydrogen-bond donors (Lipinski definition) is 1. The van der Waals surface area contributed by atoms with Gasteiger partial charge in [-0.05, 0) is 11.8 Å². The topological polar surface area (TPSA) is 64.5 Å². The molecule has 0 saturated carbocycles. The molecule has 108 valence electrons. The Morgan fingerprint density at radius 3 is 2.16 bits per heavy atom. The zero-order valence-corrected chi connectivity index (χ0v) is 13.0. The lowest BCUT2D eigenvalue weighted by Gasteiger charge is -2.30. The highest BCUT2D eigenvalue weighted by Crippen LogP contribution is 2.37. The second kappa shape index (κ2) is 6.96. The first-order valence-electron chi connectivity index (χ1n) is 6.21. The smallest absolute Gasteiger partial charge is 0.220 e. The summed E-state index contributed by atoms with van der Waals surface area (Å²) in [4.78, 5) is 8.55. The molecule has 0 amide bonds. The summed E-state index contributed by atoms with van der Waals surface area (Å²) < 4.78 is 10.2. The predicted octanol–water partition coefficient (Wildman–Crippen LogP) is 2.38. The molecule has 0 aromatic carbocycles. The van der Waals surface area contributed by atoms with E-state index in [2.05, 4.69) is 30.7 Å². The number of thioether (sulfide) groups is 1. The molecule has 0 radical (unpaired) electrons. The Labute approximate surface area is 118 Å². The molecule has 5 nitrogen and oxygen atoms in total. The first kappa shape index (κ1) is 16.0. The molecule has 19 heavy (non-hydrogen) atoms. The van der Waals surface area contributed by atoms with Crippen molar-refractivity contribution >= 4 is 11.8 Å². The van der Waals surface area contributed by atoms with Crippen molar-refractivity contribution < 1.29 is 14.6 Å². The second-order valence-corrected chi connectivity index (χ2v) is 6.04. The highest BCUT2D eigenvalue weighted by Gasteiger charge is 2.29. The van der Waals surface area contributed by atoms with Crippen LogP contribution in [0, 0.1) is 5.41 Å². The van der Waals surface area contributed by atoms with Gasteiger partial charge in [-0.15, -0.1) is 0 Å². The van der Waals surface area contributed by atoms with Crippen LogP contribution in [0.5, 0.6) is 11.8 Å². The number of hydrogen-bond acceptors (Lipinski definition) is 6. The average molecular weight is 286 g/mol. The maximum absolute atomic E-state index is 9.57. The fraction of sp³-hybridized carbons (Fsp3) is 0.692. The molecule has 1 unspecified atom stereocenters. The minimum atomic E-state index is -0.000904. The van der Waals surface area contributed by atoms with E-state index < -0.39 is 0 Å². The molecule has 0 fully saturated rings. The number of rotatable bonds is 7. The average Bonchev–Trinajstić information content (AvgIpc) is 2.43. The van der Waals surface area contributed by atoms with Crippen molar-refractivity contribution in [1.82, 2.24) is 9.97 Å². The Kier molecular flexibility index (Phi) is 5.87. The van der Waals surface area contributed by atoms with Crippen molar-refractivity contribution in [3.05, 3.63) is 6.07 Å². The van der Waals surface area contributed by atoms with Crippen LogP contribution in [0.4, 0.5) is 0 Å². The first-order valence-corrected chi connectivity index (χ1v) is 7.09. The molecule has 0 aliphatic heterocycles. The van der Waals surface area contributed by atoms with Gasteiger partial charge in [0.15, 0.2) is 5.16 Å². The summed E-state index contributed by atoms with van der Waals surface area (Å²) in [6.45, 7) is 6.43. The molecule has 0 bridgehead atoms. The molecular weight excluding hydrogens is 264 g/mol. The Hall–Kier alpha value is -1.01. The van der Waals surface area contributed by atoms with Crippen LogP contribution in [0.2, 0.25) is 0 Å². The molecule has 1 rings (SSSR count). The largest absolute Gasteiger partial charge is 0.481 e. The lowest BCUT2D eigenvalue weighted by molar-refractivity contribution is 0.217. The van der Waals surface area contributed by atoms with Gasteiger partial charge in [0.05, 0.1) is 26.9 Å². The maximum Gasteiger partial charge on any atom is 0.220 e. The summed E-state index contributed by atoms with van der Waals surface area (Å²) in [6.07, 6.45) is 0.965. The summed E-state index contributed by atoms with van der Waals surface area (Å²) in [6, 6.07) is 1.63. The third kappa shape index (κ3) is 4.24. The Balaban J connectivity index is 2.96.